The van der Waals surface area contributed by atoms with Crippen molar-refractivity contribution in [2.24, 2.45) is 5.92 Å². The molecular weight excluding hydrogens is 326 g/mol. The topological polar surface area (TPSA) is 12.5 Å². The van der Waals surface area contributed by atoms with Crippen LogP contribution in [0.5, 0.6) is 5.75 Å². The van der Waals surface area contributed by atoms with E-state index in [0.717, 1.165) is 28.6 Å². The molecule has 1 atom stereocenters. The van der Waals surface area contributed by atoms with Gasteiger partial charge in [-0.05, 0) is 49.4 Å². The van der Waals surface area contributed by atoms with E-state index in [2.05, 4.69) is 46.0 Å². The third kappa shape index (κ3) is 2.53. The summed E-state index contributed by atoms with van der Waals surface area (Å²) < 4.78 is 7.54. The number of hydrogen-bond acceptors (Lipinski definition) is 2. The zero-order chi connectivity index (χ0) is 14.4. The van der Waals surface area contributed by atoms with E-state index in [1.807, 2.05) is 0 Å². The summed E-state index contributed by atoms with van der Waals surface area (Å²) in [5.41, 5.74) is 1.46. The Morgan fingerprint density at radius 2 is 2.05 bits per heavy atom. The Balaban J connectivity index is 1.41. The van der Waals surface area contributed by atoms with E-state index in [1.165, 1.54) is 50.8 Å². The molecule has 114 valence electrons. The molecule has 3 aliphatic rings. The molecule has 1 saturated heterocycles. The number of fused-ring (bicyclic) bond motifs is 1. The molecule has 21 heavy (non-hydrogen) atoms. The molecule has 1 aromatic rings. The van der Waals surface area contributed by atoms with Crippen LogP contribution in [-0.2, 0) is 6.42 Å². The van der Waals surface area contributed by atoms with Gasteiger partial charge >= 0.3 is 0 Å². The fraction of sp³-hybridized carbons (Fsp3) is 0.667. The van der Waals surface area contributed by atoms with Gasteiger partial charge in [-0.3, -0.25) is 0 Å². The first-order chi connectivity index (χ1) is 10.2. The summed E-state index contributed by atoms with van der Waals surface area (Å²) >= 11 is 3.57. The van der Waals surface area contributed by atoms with Crippen LogP contribution in [0.15, 0.2) is 22.7 Å². The molecule has 0 aromatic heterocycles. The number of nitrogens with zero attached hydrogens (tertiary/aromatic N) is 1. The SMILES string of the molecule is CC(C1CCC1)N1CCC2(CC1)Cc1cc(Br)ccc1O2. The average Bonchev–Trinajstić information content (AvgIpc) is 2.74. The standard InChI is InChI=1S/C18H24BrNO/c1-13(14-3-2-4-14)20-9-7-18(8-10-20)12-15-11-16(19)5-6-17(15)21-18/h5-6,11,13-14H,2-4,7-10,12H2,1H3. The minimum Gasteiger partial charge on any atom is -0.487 e. The molecule has 1 aliphatic carbocycles. The zero-order valence-electron chi connectivity index (χ0n) is 12.8. The number of rotatable bonds is 2. The van der Waals surface area contributed by atoms with E-state index in [0.29, 0.717) is 0 Å². The molecular formula is C18H24BrNO. The summed E-state index contributed by atoms with van der Waals surface area (Å²) in [4.78, 5) is 2.71. The second-order valence-electron chi connectivity index (χ2n) is 7.18. The summed E-state index contributed by atoms with van der Waals surface area (Å²) in [5.74, 6) is 2.07. The van der Waals surface area contributed by atoms with Crippen LogP contribution in [0.2, 0.25) is 0 Å². The second-order valence-corrected chi connectivity index (χ2v) is 8.10. The third-order valence-electron chi connectivity index (χ3n) is 5.98. The highest BCUT2D eigenvalue weighted by molar-refractivity contribution is 9.10. The number of likely N-dealkylation sites (tertiary alicyclic amines) is 1. The fourth-order valence-electron chi connectivity index (χ4n) is 4.24. The summed E-state index contributed by atoms with van der Waals surface area (Å²) in [5, 5.41) is 0. The molecule has 2 fully saturated rings. The van der Waals surface area contributed by atoms with Gasteiger partial charge in [0, 0.05) is 42.9 Å². The van der Waals surface area contributed by atoms with Crippen molar-refractivity contribution in [2.75, 3.05) is 13.1 Å². The van der Waals surface area contributed by atoms with E-state index in [4.69, 9.17) is 4.74 Å². The van der Waals surface area contributed by atoms with Crippen LogP contribution in [0.3, 0.4) is 0 Å². The van der Waals surface area contributed by atoms with E-state index >= 15 is 0 Å². The maximum absolute atomic E-state index is 6.37. The maximum atomic E-state index is 6.37. The number of ether oxygens (including phenoxy) is 1. The van der Waals surface area contributed by atoms with Crippen molar-refractivity contribution >= 4 is 15.9 Å². The molecule has 0 amide bonds. The minimum atomic E-state index is 0.0823. The first kappa shape index (κ1) is 14.1. The highest BCUT2D eigenvalue weighted by Crippen LogP contribution is 2.43. The smallest absolute Gasteiger partial charge is 0.123 e. The highest BCUT2D eigenvalue weighted by Gasteiger charge is 2.43. The Labute approximate surface area is 136 Å². The van der Waals surface area contributed by atoms with E-state index in [1.54, 1.807) is 0 Å². The van der Waals surface area contributed by atoms with Crippen LogP contribution in [-0.4, -0.2) is 29.6 Å². The molecule has 1 spiro atoms. The molecule has 2 heterocycles. The van der Waals surface area contributed by atoms with Crippen molar-refractivity contribution < 1.29 is 4.74 Å². The van der Waals surface area contributed by atoms with Gasteiger partial charge in [0.2, 0.25) is 0 Å². The largest absolute Gasteiger partial charge is 0.487 e. The van der Waals surface area contributed by atoms with Crippen LogP contribution < -0.4 is 4.74 Å². The molecule has 4 rings (SSSR count). The quantitative estimate of drug-likeness (QED) is 0.784. The van der Waals surface area contributed by atoms with Crippen molar-refractivity contribution in [1.82, 2.24) is 4.90 Å². The van der Waals surface area contributed by atoms with Crippen molar-refractivity contribution in [3.63, 3.8) is 0 Å². The minimum absolute atomic E-state index is 0.0823. The number of hydrogen-bond donors (Lipinski definition) is 0. The third-order valence-corrected chi connectivity index (χ3v) is 6.47. The molecule has 2 nitrogen and oxygen atoms in total. The summed E-state index contributed by atoms with van der Waals surface area (Å²) in [7, 11) is 0. The zero-order valence-corrected chi connectivity index (χ0v) is 14.4. The van der Waals surface area contributed by atoms with Crippen LogP contribution in [0.4, 0.5) is 0 Å². The van der Waals surface area contributed by atoms with Gasteiger partial charge in [-0.15, -0.1) is 0 Å². The van der Waals surface area contributed by atoms with Gasteiger partial charge in [-0.1, -0.05) is 22.4 Å². The molecule has 3 heteroatoms. The van der Waals surface area contributed by atoms with Gasteiger partial charge in [-0.2, -0.15) is 0 Å². The Hall–Kier alpha value is -0.540. The normalized spacial score (nSPS) is 26.2. The summed E-state index contributed by atoms with van der Waals surface area (Å²) in [6.45, 7) is 4.84. The Morgan fingerprint density at radius 3 is 2.71 bits per heavy atom. The van der Waals surface area contributed by atoms with E-state index in [-0.39, 0.29) is 5.60 Å². The molecule has 1 saturated carbocycles. The molecule has 1 aromatic carbocycles. The van der Waals surface area contributed by atoms with Crippen molar-refractivity contribution in [3.05, 3.63) is 28.2 Å². The fourth-order valence-corrected chi connectivity index (χ4v) is 4.65. The molecule has 2 aliphatic heterocycles. The summed E-state index contributed by atoms with van der Waals surface area (Å²) in [6.07, 6.45) is 7.78. The molecule has 0 N–H and O–H groups in total. The maximum Gasteiger partial charge on any atom is 0.123 e. The number of halogens is 1. The molecule has 0 radical (unpaired) electrons. The van der Waals surface area contributed by atoms with Gasteiger partial charge in [0.25, 0.3) is 0 Å². The van der Waals surface area contributed by atoms with Gasteiger partial charge in [0.15, 0.2) is 0 Å². The van der Waals surface area contributed by atoms with Crippen LogP contribution in [0, 0.1) is 5.92 Å². The van der Waals surface area contributed by atoms with Gasteiger partial charge < -0.3 is 9.64 Å². The number of piperidine rings is 1. The molecule has 1 unspecified atom stereocenters. The monoisotopic (exact) mass is 349 g/mol. The predicted molar refractivity (Wildman–Crippen MR) is 88.8 cm³/mol. The average molecular weight is 350 g/mol. The lowest BCUT2D eigenvalue weighted by atomic mass is 9.78. The number of benzene rings is 1. The lowest BCUT2D eigenvalue weighted by molar-refractivity contribution is -0.00849. The lowest BCUT2D eigenvalue weighted by Crippen LogP contribution is -2.52. The van der Waals surface area contributed by atoms with E-state index < -0.39 is 0 Å². The van der Waals surface area contributed by atoms with Crippen molar-refractivity contribution in [1.29, 1.82) is 0 Å². The van der Waals surface area contributed by atoms with Crippen LogP contribution in [0.1, 0.15) is 44.6 Å². The van der Waals surface area contributed by atoms with Gasteiger partial charge in [0.05, 0.1) is 0 Å². The Bertz CT molecular complexity index is 532. The van der Waals surface area contributed by atoms with Crippen LogP contribution >= 0.6 is 15.9 Å². The Morgan fingerprint density at radius 1 is 1.29 bits per heavy atom. The predicted octanol–water partition coefficient (Wildman–Crippen LogP) is 4.41. The summed E-state index contributed by atoms with van der Waals surface area (Å²) in [6, 6.07) is 7.21. The lowest BCUT2D eigenvalue weighted by Gasteiger charge is -2.45. The van der Waals surface area contributed by atoms with Crippen molar-refractivity contribution in [3.8, 4) is 5.75 Å². The van der Waals surface area contributed by atoms with Crippen molar-refractivity contribution in [2.45, 2.75) is 57.1 Å². The first-order valence-electron chi connectivity index (χ1n) is 8.37. The molecule has 0 bridgehead atoms. The van der Waals surface area contributed by atoms with Gasteiger partial charge in [0.1, 0.15) is 11.4 Å². The van der Waals surface area contributed by atoms with Gasteiger partial charge in [-0.25, -0.2) is 0 Å². The Kier molecular flexibility index (Phi) is 3.54. The highest BCUT2D eigenvalue weighted by atomic mass is 79.9. The van der Waals surface area contributed by atoms with E-state index in [9.17, 15) is 0 Å². The van der Waals surface area contributed by atoms with Crippen LogP contribution in [0.25, 0.3) is 0 Å². The second kappa shape index (κ2) is 5.27. The first-order valence-corrected chi connectivity index (χ1v) is 9.16.